The number of rotatable bonds is 3. The molecule has 0 aromatic rings. The van der Waals surface area contributed by atoms with Crippen molar-refractivity contribution in [3.05, 3.63) is 0 Å². The van der Waals surface area contributed by atoms with E-state index in [1.54, 1.807) is 13.8 Å². The van der Waals surface area contributed by atoms with Gasteiger partial charge in [-0.15, -0.1) is 0 Å². The Morgan fingerprint density at radius 3 is 2.50 bits per heavy atom. The molecule has 0 spiro atoms. The van der Waals surface area contributed by atoms with Gasteiger partial charge in [-0.3, -0.25) is 4.79 Å². The first-order chi connectivity index (χ1) is 4.72. The van der Waals surface area contributed by atoms with Crippen molar-refractivity contribution in [3.8, 4) is 0 Å². The molecule has 0 bridgehead atoms. The van der Waals surface area contributed by atoms with Gasteiger partial charge >= 0.3 is 0 Å². The number of hydrogen-bond acceptors (Lipinski definition) is 4. The van der Waals surface area contributed by atoms with Gasteiger partial charge in [0.25, 0.3) is 0 Å². The first-order valence-corrected chi connectivity index (χ1v) is 2.65. The SMILES string of the molecule is CC(=N/O)/C(C)=N/NC=O. The van der Waals surface area contributed by atoms with Crippen LogP contribution in [0.1, 0.15) is 13.8 Å². The summed E-state index contributed by atoms with van der Waals surface area (Å²) < 4.78 is 0. The largest absolute Gasteiger partial charge is 0.411 e. The van der Waals surface area contributed by atoms with E-state index in [1.165, 1.54) is 0 Å². The molecule has 0 aromatic carbocycles. The van der Waals surface area contributed by atoms with Crippen molar-refractivity contribution in [1.82, 2.24) is 5.43 Å². The van der Waals surface area contributed by atoms with Crippen LogP contribution in [0, 0.1) is 0 Å². The molecule has 56 valence electrons. The molecule has 5 nitrogen and oxygen atoms in total. The van der Waals surface area contributed by atoms with Gasteiger partial charge in [0.05, 0.1) is 11.4 Å². The molecule has 0 unspecified atom stereocenters. The number of hydrogen-bond donors (Lipinski definition) is 2. The quantitative estimate of drug-likeness (QED) is 0.252. The van der Waals surface area contributed by atoms with Crippen molar-refractivity contribution in [2.45, 2.75) is 13.8 Å². The average molecular weight is 143 g/mol. The lowest BCUT2D eigenvalue weighted by molar-refractivity contribution is -0.109. The normalized spacial score (nSPS) is 13.0. The van der Waals surface area contributed by atoms with E-state index in [9.17, 15) is 4.79 Å². The summed E-state index contributed by atoms with van der Waals surface area (Å²) in [5.41, 5.74) is 2.92. The summed E-state index contributed by atoms with van der Waals surface area (Å²) in [6, 6.07) is 0. The Bertz CT molecular complexity index is 174. The third-order valence-electron chi connectivity index (χ3n) is 0.959. The van der Waals surface area contributed by atoms with Crippen LogP contribution in [0.2, 0.25) is 0 Å². The Kier molecular flexibility index (Phi) is 3.86. The van der Waals surface area contributed by atoms with E-state index >= 15 is 0 Å². The zero-order chi connectivity index (χ0) is 7.98. The van der Waals surface area contributed by atoms with Crippen molar-refractivity contribution in [2.24, 2.45) is 10.3 Å². The van der Waals surface area contributed by atoms with Gasteiger partial charge in [-0.2, -0.15) is 5.10 Å². The lowest BCUT2D eigenvalue weighted by Gasteiger charge is -1.93. The van der Waals surface area contributed by atoms with Gasteiger partial charge in [0.2, 0.25) is 6.41 Å². The lowest BCUT2D eigenvalue weighted by atomic mass is 10.3. The highest BCUT2D eigenvalue weighted by atomic mass is 16.4. The van der Waals surface area contributed by atoms with E-state index in [0.29, 0.717) is 17.8 Å². The summed E-state index contributed by atoms with van der Waals surface area (Å²) in [7, 11) is 0. The fourth-order valence-electron chi connectivity index (χ4n) is 0.276. The van der Waals surface area contributed by atoms with E-state index in [2.05, 4.69) is 15.7 Å². The van der Waals surface area contributed by atoms with Crippen molar-refractivity contribution >= 4 is 17.8 Å². The third kappa shape index (κ3) is 2.81. The summed E-state index contributed by atoms with van der Waals surface area (Å²) in [5.74, 6) is 0. The number of nitrogens with one attached hydrogen (secondary N) is 1. The molecule has 0 rings (SSSR count). The molecule has 10 heavy (non-hydrogen) atoms. The fourth-order valence-corrected chi connectivity index (χ4v) is 0.276. The van der Waals surface area contributed by atoms with Gasteiger partial charge in [-0.1, -0.05) is 5.16 Å². The van der Waals surface area contributed by atoms with E-state index in [-0.39, 0.29) is 0 Å². The monoisotopic (exact) mass is 143 g/mol. The Labute approximate surface area is 58.4 Å². The van der Waals surface area contributed by atoms with Crippen molar-refractivity contribution < 1.29 is 10.0 Å². The maximum absolute atomic E-state index is 9.70. The van der Waals surface area contributed by atoms with E-state index in [0.717, 1.165) is 0 Å². The first kappa shape index (κ1) is 8.61. The molecule has 0 heterocycles. The van der Waals surface area contributed by atoms with E-state index in [1.807, 2.05) is 0 Å². The van der Waals surface area contributed by atoms with Crippen LogP contribution in [0.5, 0.6) is 0 Å². The average Bonchev–Trinajstić information content (AvgIpc) is 1.98. The van der Waals surface area contributed by atoms with Gasteiger partial charge in [-0.25, -0.2) is 5.43 Å². The summed E-state index contributed by atoms with van der Waals surface area (Å²) in [4.78, 5) is 9.70. The molecule has 0 radical (unpaired) electrons. The van der Waals surface area contributed by atoms with Gasteiger partial charge < -0.3 is 5.21 Å². The van der Waals surface area contributed by atoms with Crippen molar-refractivity contribution in [2.75, 3.05) is 0 Å². The molecular formula is C5H9N3O2. The summed E-state index contributed by atoms with van der Waals surface area (Å²) in [6.07, 6.45) is 0.439. The standard InChI is InChI=1S/C5H9N3O2/c1-4(5(2)8-10)7-6-3-9/h3,10H,1-2H3,(H,6,9)/b7-4+,8-5-. The maximum atomic E-state index is 9.70. The Hall–Kier alpha value is -1.39. The minimum atomic E-state index is 0.370. The minimum absolute atomic E-state index is 0.370. The maximum Gasteiger partial charge on any atom is 0.227 e. The number of amides is 1. The number of nitrogens with zero attached hydrogens (tertiary/aromatic N) is 2. The van der Waals surface area contributed by atoms with Crippen LogP contribution < -0.4 is 5.43 Å². The molecule has 0 aliphatic heterocycles. The van der Waals surface area contributed by atoms with Crippen molar-refractivity contribution in [3.63, 3.8) is 0 Å². The smallest absolute Gasteiger partial charge is 0.227 e. The van der Waals surface area contributed by atoms with Crippen LogP contribution >= 0.6 is 0 Å². The number of carbonyl (C=O) groups is 1. The first-order valence-electron chi connectivity index (χ1n) is 2.65. The molecule has 0 aliphatic rings. The molecule has 1 amide bonds. The zero-order valence-corrected chi connectivity index (χ0v) is 5.83. The van der Waals surface area contributed by atoms with Gasteiger partial charge in [0.15, 0.2) is 0 Å². The fraction of sp³-hybridized carbons (Fsp3) is 0.400. The molecule has 0 fully saturated rings. The second-order valence-electron chi connectivity index (χ2n) is 1.63. The highest BCUT2D eigenvalue weighted by Crippen LogP contribution is 1.79. The highest BCUT2D eigenvalue weighted by Gasteiger charge is 1.94. The predicted molar refractivity (Wildman–Crippen MR) is 37.2 cm³/mol. The van der Waals surface area contributed by atoms with Crippen LogP contribution in [-0.4, -0.2) is 23.0 Å². The lowest BCUT2D eigenvalue weighted by Crippen LogP contribution is -2.12. The summed E-state index contributed by atoms with van der Waals surface area (Å²) in [6.45, 7) is 3.19. The minimum Gasteiger partial charge on any atom is -0.411 e. The molecule has 2 N–H and O–H groups in total. The number of hydrazone groups is 1. The molecule has 0 atom stereocenters. The summed E-state index contributed by atoms with van der Waals surface area (Å²) >= 11 is 0. The molecule has 0 saturated heterocycles. The van der Waals surface area contributed by atoms with E-state index in [4.69, 9.17) is 5.21 Å². The molecule has 5 heteroatoms. The van der Waals surface area contributed by atoms with Gasteiger partial charge in [0.1, 0.15) is 0 Å². The predicted octanol–water partition coefficient (Wildman–Crippen LogP) is -0.0416. The van der Waals surface area contributed by atoms with Crippen LogP contribution in [0.4, 0.5) is 0 Å². The Balaban J connectivity index is 4.05. The van der Waals surface area contributed by atoms with E-state index < -0.39 is 0 Å². The highest BCUT2D eigenvalue weighted by molar-refractivity contribution is 6.40. The van der Waals surface area contributed by atoms with Gasteiger partial charge in [-0.05, 0) is 13.8 Å². The topological polar surface area (TPSA) is 74.1 Å². The van der Waals surface area contributed by atoms with Gasteiger partial charge in [0, 0.05) is 0 Å². The second-order valence-corrected chi connectivity index (χ2v) is 1.63. The summed E-state index contributed by atoms with van der Waals surface area (Å²) in [5, 5.41) is 14.6. The Morgan fingerprint density at radius 1 is 1.50 bits per heavy atom. The van der Waals surface area contributed by atoms with Crippen LogP contribution in [0.15, 0.2) is 10.3 Å². The molecular weight excluding hydrogens is 134 g/mol. The third-order valence-corrected chi connectivity index (χ3v) is 0.959. The second kappa shape index (κ2) is 4.49. The molecule has 0 aromatic heterocycles. The van der Waals surface area contributed by atoms with Crippen LogP contribution in [-0.2, 0) is 4.79 Å². The number of oxime groups is 1. The number of carbonyl (C=O) groups excluding carboxylic acids is 1. The van der Waals surface area contributed by atoms with Crippen molar-refractivity contribution in [1.29, 1.82) is 0 Å². The Morgan fingerprint density at radius 2 is 2.10 bits per heavy atom. The van der Waals surface area contributed by atoms with Crippen LogP contribution in [0.3, 0.4) is 0 Å². The zero-order valence-electron chi connectivity index (χ0n) is 5.83. The van der Waals surface area contributed by atoms with Crippen LogP contribution in [0.25, 0.3) is 0 Å². The molecule has 0 saturated carbocycles. The molecule has 0 aliphatic carbocycles.